The first-order valence-corrected chi connectivity index (χ1v) is 10.5. The van der Waals surface area contributed by atoms with Crippen LogP contribution < -0.4 is 5.56 Å². The highest BCUT2D eigenvalue weighted by Gasteiger charge is 2.37. The van der Waals surface area contributed by atoms with Crippen molar-refractivity contribution >= 4 is 16.8 Å². The van der Waals surface area contributed by atoms with E-state index in [0.29, 0.717) is 37.8 Å². The van der Waals surface area contributed by atoms with E-state index in [4.69, 9.17) is 0 Å². The molecule has 2 aliphatic rings. The third-order valence-corrected chi connectivity index (χ3v) is 6.42. The molecule has 1 amide bonds. The number of pyridine rings is 1. The van der Waals surface area contributed by atoms with E-state index in [2.05, 4.69) is 11.2 Å². The van der Waals surface area contributed by atoms with Gasteiger partial charge in [-0.05, 0) is 38.6 Å². The molecule has 156 valence electrons. The number of benzene rings is 1. The lowest BCUT2D eigenvalue weighted by Crippen LogP contribution is -2.49. The van der Waals surface area contributed by atoms with Gasteiger partial charge in [0.15, 0.2) is 5.69 Å². The van der Waals surface area contributed by atoms with Crippen LogP contribution in [0.1, 0.15) is 34.1 Å². The van der Waals surface area contributed by atoms with Gasteiger partial charge in [-0.2, -0.15) is 5.10 Å². The van der Waals surface area contributed by atoms with Crippen LogP contribution in [-0.2, 0) is 20.1 Å². The molecule has 0 spiro atoms. The van der Waals surface area contributed by atoms with E-state index in [9.17, 15) is 9.59 Å². The van der Waals surface area contributed by atoms with Crippen molar-refractivity contribution in [1.82, 2.24) is 24.1 Å². The van der Waals surface area contributed by atoms with Crippen molar-refractivity contribution in [2.75, 3.05) is 27.2 Å². The van der Waals surface area contributed by atoms with Gasteiger partial charge in [0.25, 0.3) is 11.5 Å². The van der Waals surface area contributed by atoms with Crippen LogP contribution in [0.3, 0.4) is 0 Å². The highest BCUT2D eigenvalue weighted by molar-refractivity contribution is 6.04. The number of aryl methyl sites for hydroxylation is 1. The molecule has 30 heavy (non-hydrogen) atoms. The summed E-state index contributed by atoms with van der Waals surface area (Å²) < 4.78 is 3.73. The van der Waals surface area contributed by atoms with Crippen LogP contribution in [-0.4, -0.2) is 57.2 Å². The molecule has 2 aromatic heterocycles. The van der Waals surface area contributed by atoms with Crippen molar-refractivity contribution in [3.63, 3.8) is 0 Å². The van der Waals surface area contributed by atoms with Crippen molar-refractivity contribution in [1.29, 1.82) is 0 Å². The summed E-state index contributed by atoms with van der Waals surface area (Å²) in [6.07, 6.45) is 1.03. The van der Waals surface area contributed by atoms with Crippen LogP contribution >= 0.6 is 0 Å². The molecular formula is C23H27N5O2. The largest absolute Gasteiger partial charge is 0.336 e. The number of likely N-dealkylation sites (tertiary alicyclic amines) is 1. The van der Waals surface area contributed by atoms with Gasteiger partial charge < -0.3 is 14.4 Å². The molecule has 2 atom stereocenters. The number of carbonyl (C=O) groups excluding carboxylic acids is 1. The Kier molecular flexibility index (Phi) is 4.50. The second-order valence-electron chi connectivity index (χ2n) is 8.94. The topological polar surface area (TPSA) is 63.4 Å². The number of carbonyl (C=O) groups is 1. The maximum absolute atomic E-state index is 13.4. The number of fused-ring (bicyclic) bond motifs is 5. The lowest BCUT2D eigenvalue weighted by atomic mass is 9.82. The lowest BCUT2D eigenvalue weighted by molar-refractivity contribution is 0.0589. The Morgan fingerprint density at radius 2 is 1.93 bits per heavy atom. The minimum Gasteiger partial charge on any atom is -0.336 e. The fourth-order valence-corrected chi connectivity index (χ4v) is 5.14. The fourth-order valence-electron chi connectivity index (χ4n) is 5.14. The smallest absolute Gasteiger partial charge is 0.275 e. The zero-order valence-electron chi connectivity index (χ0n) is 17.7. The second-order valence-corrected chi connectivity index (χ2v) is 8.94. The Hall–Kier alpha value is -2.93. The maximum Gasteiger partial charge on any atom is 0.275 e. The van der Waals surface area contributed by atoms with Crippen molar-refractivity contribution in [3.05, 3.63) is 63.7 Å². The number of piperidine rings is 1. The van der Waals surface area contributed by atoms with Gasteiger partial charge in [-0.15, -0.1) is 0 Å². The van der Waals surface area contributed by atoms with Crippen LogP contribution in [0.2, 0.25) is 0 Å². The van der Waals surface area contributed by atoms with Gasteiger partial charge in [0.05, 0.1) is 5.52 Å². The van der Waals surface area contributed by atoms with E-state index in [0.717, 1.165) is 28.6 Å². The molecule has 7 heteroatoms. The zero-order chi connectivity index (χ0) is 21.0. The Balaban J connectivity index is 1.46. The van der Waals surface area contributed by atoms with Gasteiger partial charge in [0, 0.05) is 55.8 Å². The molecule has 0 radical (unpaired) electrons. The summed E-state index contributed by atoms with van der Waals surface area (Å²) >= 11 is 0. The van der Waals surface area contributed by atoms with Crippen molar-refractivity contribution in [3.8, 4) is 0 Å². The van der Waals surface area contributed by atoms with Crippen molar-refractivity contribution < 1.29 is 4.79 Å². The number of hydrogen-bond donors (Lipinski definition) is 0. The molecule has 7 nitrogen and oxygen atoms in total. The lowest BCUT2D eigenvalue weighted by Gasteiger charge is -2.42. The molecule has 0 unspecified atom stereocenters. The van der Waals surface area contributed by atoms with E-state index >= 15 is 0 Å². The maximum atomic E-state index is 13.4. The second kappa shape index (κ2) is 7.09. The summed E-state index contributed by atoms with van der Waals surface area (Å²) in [4.78, 5) is 30.4. The Morgan fingerprint density at radius 3 is 2.73 bits per heavy atom. The van der Waals surface area contributed by atoms with Crippen LogP contribution in [0, 0.1) is 5.92 Å². The molecule has 5 rings (SSSR count). The van der Waals surface area contributed by atoms with Gasteiger partial charge in [-0.25, -0.2) is 0 Å². The first kappa shape index (κ1) is 19.1. The summed E-state index contributed by atoms with van der Waals surface area (Å²) in [5.74, 6) is 0.474. The van der Waals surface area contributed by atoms with Crippen LogP contribution in [0.25, 0.3) is 10.9 Å². The molecule has 2 aliphatic heterocycles. The Morgan fingerprint density at radius 1 is 1.13 bits per heavy atom. The molecule has 3 aromatic rings. The number of rotatable bonds is 3. The minimum absolute atomic E-state index is 0.0125. The average Bonchev–Trinajstić information content (AvgIpc) is 3.06. The van der Waals surface area contributed by atoms with E-state index in [1.165, 1.54) is 0 Å². The summed E-state index contributed by atoms with van der Waals surface area (Å²) in [7, 11) is 5.82. The zero-order valence-corrected chi connectivity index (χ0v) is 17.7. The highest BCUT2D eigenvalue weighted by Crippen LogP contribution is 2.36. The molecule has 1 saturated heterocycles. The van der Waals surface area contributed by atoms with Gasteiger partial charge >= 0.3 is 0 Å². The number of aromatic nitrogens is 3. The van der Waals surface area contributed by atoms with Gasteiger partial charge in [-0.1, -0.05) is 24.3 Å². The number of amides is 1. The SMILES string of the molecule is CN(C)Cc1ccc2n(c1=O)C[C@H]1C[C@@H]2CN(C(=O)c2nn(C)c3ccccc23)C1. The Bertz CT molecular complexity index is 1190. The van der Waals surface area contributed by atoms with Crippen molar-refractivity contribution in [2.45, 2.75) is 25.4 Å². The van der Waals surface area contributed by atoms with E-state index in [1.54, 1.807) is 4.68 Å². The van der Waals surface area contributed by atoms with Crippen LogP contribution in [0.5, 0.6) is 0 Å². The van der Waals surface area contributed by atoms with Gasteiger partial charge in [0.2, 0.25) is 0 Å². The standard InChI is InChI=1S/C23H27N5O2/c1-25(2)13-16-8-9-19-17-10-15(12-28(19)22(16)29)11-27(14-17)23(30)21-18-6-4-5-7-20(18)26(3)24-21/h4-9,15,17H,10-14H2,1-3H3/t15-,17+/m0/s1. The van der Waals surface area contributed by atoms with Crippen LogP contribution in [0.15, 0.2) is 41.2 Å². The van der Waals surface area contributed by atoms with Crippen LogP contribution in [0.4, 0.5) is 0 Å². The third-order valence-electron chi connectivity index (χ3n) is 6.42. The molecule has 0 saturated carbocycles. The number of hydrogen-bond acceptors (Lipinski definition) is 4. The molecule has 1 fully saturated rings. The summed E-state index contributed by atoms with van der Waals surface area (Å²) in [6.45, 7) is 2.63. The minimum atomic E-state index is -0.0125. The summed E-state index contributed by atoms with van der Waals surface area (Å²) in [5.41, 5.74) is 3.49. The van der Waals surface area contributed by atoms with E-state index in [-0.39, 0.29) is 17.4 Å². The molecule has 1 aromatic carbocycles. The van der Waals surface area contributed by atoms with E-state index < -0.39 is 0 Å². The van der Waals surface area contributed by atoms with Gasteiger partial charge in [-0.3, -0.25) is 14.3 Å². The van der Waals surface area contributed by atoms with Crippen molar-refractivity contribution in [2.24, 2.45) is 13.0 Å². The normalized spacial score (nSPS) is 20.6. The predicted octanol–water partition coefficient (Wildman–Crippen LogP) is 2.06. The molecule has 2 bridgehead atoms. The number of nitrogens with zero attached hydrogens (tertiary/aromatic N) is 5. The molecule has 0 aliphatic carbocycles. The molecule has 0 N–H and O–H groups in total. The highest BCUT2D eigenvalue weighted by atomic mass is 16.2. The Labute approximate surface area is 175 Å². The van der Waals surface area contributed by atoms with Gasteiger partial charge in [0.1, 0.15) is 0 Å². The first-order valence-electron chi connectivity index (χ1n) is 10.5. The molecular weight excluding hydrogens is 378 g/mol. The monoisotopic (exact) mass is 405 g/mol. The summed E-state index contributed by atoms with van der Waals surface area (Å²) in [5, 5.41) is 5.42. The number of para-hydroxylation sites is 1. The quantitative estimate of drug-likeness (QED) is 0.669. The van der Waals surface area contributed by atoms with E-state index in [1.807, 2.05) is 65.8 Å². The first-order chi connectivity index (χ1) is 14.4. The molecule has 4 heterocycles. The average molecular weight is 406 g/mol. The predicted molar refractivity (Wildman–Crippen MR) is 116 cm³/mol. The third kappa shape index (κ3) is 3.04. The summed E-state index contributed by atoms with van der Waals surface area (Å²) in [6, 6.07) is 11.9. The fraction of sp³-hybridized carbons (Fsp3) is 0.435.